The van der Waals surface area contributed by atoms with Gasteiger partial charge in [-0.3, -0.25) is 0 Å². The van der Waals surface area contributed by atoms with Gasteiger partial charge in [0, 0.05) is 0 Å². The molecule has 3 amide bonds. The topological polar surface area (TPSA) is 96.0 Å². The molecule has 8 nitrogen and oxygen atoms in total. The van der Waals surface area contributed by atoms with Crippen molar-refractivity contribution in [1.82, 2.24) is 9.80 Å². The van der Waals surface area contributed by atoms with Crippen LogP contribution in [-0.4, -0.2) is 158 Å². The van der Waals surface area contributed by atoms with Crippen LogP contribution in [0.3, 0.4) is 0 Å². The van der Waals surface area contributed by atoms with E-state index in [9.17, 15) is 45.5 Å². The molecule has 0 radical (unpaired) electrons. The summed E-state index contributed by atoms with van der Waals surface area (Å²) in [7, 11) is 3.55. The Morgan fingerprint density at radius 2 is 0.778 bits per heavy atom. The molecule has 1 aliphatic rings. The monoisotopic (exact) mass is 1670 g/mol. The second-order valence-corrected chi connectivity index (χ2v) is 99.2. The fraction of sp³-hybridized carbons (Fsp3) is 0.452. The Morgan fingerprint density at radius 3 is 1.06 bits per heavy atom. The number of rotatable bonds is 9. The summed E-state index contributed by atoms with van der Waals surface area (Å²) in [4.78, 5) is 83.8. The Morgan fingerprint density at radius 1 is 0.469 bits per heavy atom. The number of hydrogen-bond acceptors (Lipinski definition) is 5. The van der Waals surface area contributed by atoms with Crippen molar-refractivity contribution in [1.29, 1.82) is 0 Å². The molecule has 1 fully saturated rings. The van der Waals surface area contributed by atoms with Crippen LogP contribution >= 0.6 is 0 Å². The second-order valence-electron chi connectivity index (χ2n) is 26.7. The van der Waals surface area contributed by atoms with Gasteiger partial charge in [-0.2, -0.15) is 0 Å². The molecule has 0 aliphatic carbocycles. The number of carbonyl (C=O) groups excluding carboxylic acids is 4. The molecule has 0 saturated carbocycles. The first kappa shape index (κ1) is 74.7. The molecule has 0 spiro atoms. The average molecular weight is 1670 g/mol. The molecule has 0 unspecified atom stereocenters. The first-order chi connectivity index (χ1) is 36.6. The summed E-state index contributed by atoms with van der Waals surface area (Å²) in [6.07, 6.45) is -7.20. The van der Waals surface area contributed by atoms with E-state index in [-0.39, 0.29) is 33.3 Å². The average Bonchev–Trinajstić information content (AvgIpc) is 3.88. The van der Waals surface area contributed by atoms with E-state index in [1.54, 1.807) is 33.8 Å². The van der Waals surface area contributed by atoms with Crippen LogP contribution in [0.1, 0.15) is 82.7 Å². The van der Waals surface area contributed by atoms with Crippen molar-refractivity contribution in [2.75, 3.05) is 32.5 Å². The number of carbonyl (C=O) groups is 4. The summed E-state index contributed by atoms with van der Waals surface area (Å²) < 4.78 is 86.9. The van der Waals surface area contributed by atoms with E-state index in [1.165, 1.54) is 21.2 Å². The predicted molar refractivity (Wildman–Crippen MR) is 340 cm³/mol. The zero-order chi connectivity index (χ0) is 62.5. The van der Waals surface area contributed by atoms with Gasteiger partial charge in [0.15, 0.2) is 0 Å². The number of anilines is 1. The van der Waals surface area contributed by atoms with E-state index >= 15 is 0 Å². The van der Waals surface area contributed by atoms with Gasteiger partial charge in [-0.25, -0.2) is 0 Å². The Hall–Kier alpha value is -2.45. The third-order valence-electron chi connectivity index (χ3n) is 12.7. The first-order valence-electron chi connectivity index (χ1n) is 27.4. The summed E-state index contributed by atoms with van der Waals surface area (Å²) in [5, 5.41) is 2.77. The second kappa shape index (κ2) is 30.8. The van der Waals surface area contributed by atoms with Crippen LogP contribution in [0.25, 0.3) is 0 Å². The molecule has 1 heterocycles. The molecule has 19 heteroatoms. The quantitative estimate of drug-likeness (QED) is 0.0901. The van der Waals surface area contributed by atoms with E-state index in [1.807, 2.05) is 74.2 Å². The van der Waals surface area contributed by atoms with Gasteiger partial charge in [0.1, 0.15) is 0 Å². The fourth-order valence-electron chi connectivity index (χ4n) is 7.67. The van der Waals surface area contributed by atoms with E-state index in [0.717, 1.165) is 54.9 Å². The van der Waals surface area contributed by atoms with Crippen molar-refractivity contribution in [2.45, 2.75) is 133 Å². The molecule has 5 aromatic carbocycles. The van der Waals surface area contributed by atoms with Gasteiger partial charge >= 0.3 is 507 Å². The number of benzene rings is 5. The normalized spacial score (nSPS) is 13.1. The molecule has 1 N–H and O–H groups in total. The molecule has 1 saturated heterocycles. The van der Waals surface area contributed by atoms with E-state index in [0.29, 0.717) is 5.56 Å². The predicted octanol–water partition coefficient (Wildman–Crippen LogP) is 14.0. The molecular formula is C62H91F6N3O5Sn5. The number of ether oxygens (including phenoxy) is 1. The molecule has 1 aliphatic heterocycles. The van der Waals surface area contributed by atoms with Gasteiger partial charge in [0.2, 0.25) is 0 Å². The van der Waals surface area contributed by atoms with Crippen molar-refractivity contribution < 1.29 is 50.3 Å². The number of amides is 3. The minimum absolute atomic E-state index is 0.0166. The van der Waals surface area contributed by atoms with Crippen LogP contribution < -0.4 is 23.2 Å². The van der Waals surface area contributed by atoms with Gasteiger partial charge in [-0.15, -0.1) is 0 Å². The summed E-state index contributed by atoms with van der Waals surface area (Å²) >= 11 is -10.8. The molecule has 5 aromatic rings. The third kappa shape index (κ3) is 27.2. The molecule has 6 rings (SSSR count). The van der Waals surface area contributed by atoms with E-state index in [2.05, 4.69) is 113 Å². The Labute approximate surface area is 501 Å². The van der Waals surface area contributed by atoms with E-state index < -0.39 is 121 Å². The number of nitrogens with one attached hydrogen (secondary N) is 1. The van der Waals surface area contributed by atoms with Crippen LogP contribution in [0.5, 0.6) is 0 Å². The summed E-state index contributed by atoms with van der Waals surface area (Å²) in [6, 6.07) is 34.5. The van der Waals surface area contributed by atoms with Crippen molar-refractivity contribution >= 4 is 139 Å². The van der Waals surface area contributed by atoms with Gasteiger partial charge in [0.05, 0.1) is 0 Å². The molecule has 81 heavy (non-hydrogen) atoms. The first-order valence-corrected chi connectivity index (χ1v) is 77.3. The van der Waals surface area contributed by atoms with Gasteiger partial charge in [0.25, 0.3) is 0 Å². The molecule has 0 bridgehead atoms. The number of likely N-dealkylation sites (tertiary alicyclic amines) is 1. The SMILES string of the molecule is CC(=O)Nc1cc[c]([Sn]([CH3])([CH3])[CH3])cc1.CC(C)(C)OC(=O)c1cc[c]([Sn]([CH3])([CH3])[CH3])cc1.CN(C)C(=O)c1cc[c]([Sn]([CH3])([CH3])[CH3])cc1.[CH3][Sn]([CH3])([CH3])[c]1cc(C(F)(F)F)cc(C(F)(F)F)c1.[CH3][Sn]([CH3])([CH3])[c]1ccc(C(=O)N2CCCC2)cc1. The van der Waals surface area contributed by atoms with Crippen molar-refractivity contribution in [3.63, 3.8) is 0 Å². The summed E-state index contributed by atoms with van der Waals surface area (Å²) in [6.45, 7) is 9.02. The van der Waals surface area contributed by atoms with Gasteiger partial charge < -0.3 is 0 Å². The van der Waals surface area contributed by atoms with Crippen LogP contribution in [-0.2, 0) is 21.9 Å². The minimum atomic E-state index is -4.76. The van der Waals surface area contributed by atoms with Crippen molar-refractivity contribution in [2.24, 2.45) is 0 Å². The van der Waals surface area contributed by atoms with Crippen LogP contribution in [0.15, 0.2) is 115 Å². The number of hydrogen-bond donors (Lipinski definition) is 1. The van der Waals surface area contributed by atoms with E-state index in [4.69, 9.17) is 4.74 Å². The van der Waals surface area contributed by atoms with Crippen molar-refractivity contribution in [3.05, 3.63) is 143 Å². The van der Waals surface area contributed by atoms with Crippen LogP contribution in [0.2, 0.25) is 74.1 Å². The number of esters is 1. The molecule has 0 aromatic heterocycles. The van der Waals surface area contributed by atoms with Gasteiger partial charge in [-0.1, -0.05) is 0 Å². The molecule has 0 atom stereocenters. The number of nitrogens with zero attached hydrogens (tertiary/aromatic N) is 2. The Bertz CT molecular complexity index is 2750. The summed E-state index contributed by atoms with van der Waals surface area (Å²) in [5.74, 6) is 0.0222. The molecule has 446 valence electrons. The van der Waals surface area contributed by atoms with Crippen LogP contribution in [0.4, 0.5) is 32.0 Å². The number of alkyl halides is 6. The zero-order valence-corrected chi connectivity index (χ0v) is 66.3. The summed E-state index contributed by atoms with van der Waals surface area (Å²) in [5.41, 5.74) is 0.276. The zero-order valence-electron chi connectivity index (χ0n) is 52.0. The number of halogens is 6. The van der Waals surface area contributed by atoms with Gasteiger partial charge in [-0.05, 0) is 0 Å². The fourth-order valence-corrected chi connectivity index (χ4v) is 24.4. The van der Waals surface area contributed by atoms with Crippen LogP contribution in [0, 0.1) is 0 Å². The maximum atomic E-state index is 12.6. The molecular weight excluding hydrogens is 1570 g/mol. The third-order valence-corrected chi connectivity index (χ3v) is 42.1. The maximum absolute atomic E-state index is 12.6. The van der Waals surface area contributed by atoms with Crippen molar-refractivity contribution in [3.8, 4) is 0 Å². The Kier molecular flexibility index (Phi) is 28.4. The Balaban J connectivity index is 0.000000347. The standard InChI is InChI=1S/C11H12NO.C11H13O2.C9H10NO.C8H3F6.C8H8NO.15CH3.5Sn/c13-11(12-8-4-5-9-12)10-6-2-1-3-7-10;1-11(2,3)13-10(12)9-7-5-4-6-8-9;1-10(2)9(11)8-6-4-3-5-7-8;9-7(10,11)5-2-1-3-6(4-5)8(12,13)14;1-7(10)9-8-5-3-2-4-6-8;;;;;;;;;;;;;;;;;;;;/h2-3,6-7H,4-5,8-9H2;5-8H,1-3H3;4-7H,1-2H3;2-4H;3-6H,1H3,(H,9,10);15*1H3;;;;;.